The average Bonchev–Trinajstić information content (AvgIpc) is 2.80. The molecule has 7 aromatic rings. The molecule has 0 unspecified atom stereocenters. The minimum absolute atomic E-state index is 0.173. The van der Waals surface area contributed by atoms with E-state index >= 15 is 0 Å². The van der Waals surface area contributed by atoms with Crippen molar-refractivity contribution >= 4 is 76.3 Å². The molecular weight excluding hydrogens is 382 g/mol. The minimum Gasteiger partial charge on any atom is -0.458 e. The smallest absolute Gasteiger partial charge is 0.339 e. The topological polar surface area (TPSA) is 52.3 Å². The van der Waals surface area contributed by atoms with Crippen molar-refractivity contribution in [2.45, 2.75) is 0 Å². The van der Waals surface area contributed by atoms with E-state index in [0.717, 1.165) is 32.3 Å². The highest BCUT2D eigenvalue weighted by Gasteiger charge is 2.24. The molecule has 31 heavy (non-hydrogen) atoms. The van der Waals surface area contributed by atoms with E-state index in [0.29, 0.717) is 11.3 Å². The summed E-state index contributed by atoms with van der Waals surface area (Å²) in [4.78, 5) is 13.0. The number of hydrogen-bond donors (Lipinski definition) is 1. The van der Waals surface area contributed by atoms with Gasteiger partial charge in [0.15, 0.2) is 0 Å². The first kappa shape index (κ1) is 16.7. The second kappa shape index (κ2) is 5.52. The van der Waals surface area contributed by atoms with Crippen LogP contribution in [0.3, 0.4) is 0 Å². The molecule has 146 valence electrons. The van der Waals surface area contributed by atoms with Crippen molar-refractivity contribution in [2.24, 2.45) is 0 Å². The summed E-state index contributed by atoms with van der Waals surface area (Å²) in [6.07, 6.45) is 1.58. The summed E-state index contributed by atoms with van der Waals surface area (Å²) in [5, 5.41) is 13.7. The highest BCUT2D eigenvalue weighted by molar-refractivity contribution is 6.46. The van der Waals surface area contributed by atoms with E-state index < -0.39 is 0 Å². The van der Waals surface area contributed by atoms with Crippen molar-refractivity contribution in [3.8, 4) is 0 Å². The number of benzene rings is 7. The van der Waals surface area contributed by atoms with Gasteiger partial charge in [0, 0.05) is 16.5 Å². The van der Waals surface area contributed by atoms with Crippen molar-refractivity contribution < 1.29 is 9.53 Å². The van der Waals surface area contributed by atoms with Gasteiger partial charge in [-0.2, -0.15) is 0 Å². The van der Waals surface area contributed by atoms with E-state index in [1.807, 2.05) is 18.2 Å². The van der Waals surface area contributed by atoms with Crippen LogP contribution in [0.25, 0.3) is 64.6 Å². The SMILES string of the molecule is C=CCOC(=O)c1cc2c(N)cc3ccc4ccc5ccc6ccc1c1c6c5c4c3c21. The van der Waals surface area contributed by atoms with Crippen molar-refractivity contribution in [1.82, 2.24) is 0 Å². The monoisotopic (exact) mass is 399 g/mol. The fourth-order valence-electron chi connectivity index (χ4n) is 5.48. The van der Waals surface area contributed by atoms with E-state index in [-0.39, 0.29) is 12.6 Å². The molecule has 0 radical (unpaired) electrons. The number of nitrogen functional groups attached to an aromatic ring is 1. The second-order valence-corrected chi connectivity index (χ2v) is 8.28. The molecule has 0 bridgehead atoms. The molecule has 7 aromatic carbocycles. The number of nitrogens with two attached hydrogens (primary N) is 1. The molecule has 0 heterocycles. The van der Waals surface area contributed by atoms with Crippen LogP contribution in [0.4, 0.5) is 5.69 Å². The van der Waals surface area contributed by atoms with Crippen LogP contribution in [0.5, 0.6) is 0 Å². The first-order chi connectivity index (χ1) is 15.2. The van der Waals surface area contributed by atoms with Crippen molar-refractivity contribution in [3.63, 3.8) is 0 Å². The van der Waals surface area contributed by atoms with Crippen molar-refractivity contribution in [2.75, 3.05) is 12.3 Å². The van der Waals surface area contributed by atoms with Crippen molar-refractivity contribution in [3.05, 3.63) is 78.9 Å². The van der Waals surface area contributed by atoms with Crippen LogP contribution >= 0.6 is 0 Å². The summed E-state index contributed by atoms with van der Waals surface area (Å²) in [5.74, 6) is -0.357. The fourth-order valence-corrected chi connectivity index (χ4v) is 5.48. The maximum absolute atomic E-state index is 13.0. The minimum atomic E-state index is -0.357. The highest BCUT2D eigenvalue weighted by Crippen LogP contribution is 2.50. The average molecular weight is 399 g/mol. The van der Waals surface area contributed by atoms with E-state index in [1.165, 1.54) is 32.3 Å². The number of carbonyl (C=O) groups is 1. The lowest BCUT2D eigenvalue weighted by atomic mass is 9.81. The molecule has 0 saturated carbocycles. The Labute approximate surface area is 177 Å². The lowest BCUT2D eigenvalue weighted by Gasteiger charge is -2.22. The molecular formula is C28H17NO2. The van der Waals surface area contributed by atoms with E-state index in [4.69, 9.17) is 10.5 Å². The van der Waals surface area contributed by atoms with Crippen LogP contribution in [0, 0.1) is 0 Å². The van der Waals surface area contributed by atoms with Crippen LogP contribution in [-0.2, 0) is 4.74 Å². The van der Waals surface area contributed by atoms with Gasteiger partial charge in [-0.05, 0) is 66.0 Å². The molecule has 0 aliphatic rings. The van der Waals surface area contributed by atoms with Crippen LogP contribution < -0.4 is 5.73 Å². The molecule has 3 nitrogen and oxygen atoms in total. The standard InChI is InChI=1S/C28H17NO2/c1-2-11-31-28(30)19-13-20-21(29)12-17-8-7-15-4-3-14-5-6-16-9-10-18(19)26-24(16)22(14)23(15)25(17)27(20)26/h2-10,12-13H,1,11,29H2. The van der Waals surface area contributed by atoms with Gasteiger partial charge in [-0.1, -0.05) is 61.2 Å². The largest absolute Gasteiger partial charge is 0.458 e. The number of rotatable bonds is 3. The molecule has 0 saturated heterocycles. The van der Waals surface area contributed by atoms with Crippen molar-refractivity contribution in [1.29, 1.82) is 0 Å². The Kier molecular flexibility index (Phi) is 2.97. The zero-order valence-electron chi connectivity index (χ0n) is 16.7. The molecule has 7 rings (SSSR count). The predicted octanol–water partition coefficient (Wildman–Crippen LogP) is 6.84. The fraction of sp³-hybridized carbons (Fsp3) is 0.0357. The maximum atomic E-state index is 13.0. The first-order valence-corrected chi connectivity index (χ1v) is 10.3. The Hall–Kier alpha value is -4.11. The number of esters is 1. The summed E-state index contributed by atoms with van der Waals surface area (Å²) in [6, 6.07) is 21.1. The molecule has 0 spiro atoms. The van der Waals surface area contributed by atoms with Gasteiger partial charge in [0.25, 0.3) is 0 Å². The quantitative estimate of drug-likeness (QED) is 0.116. The lowest BCUT2D eigenvalue weighted by Crippen LogP contribution is -2.07. The van der Waals surface area contributed by atoms with E-state index in [1.54, 1.807) is 6.08 Å². The Morgan fingerprint density at radius 2 is 1.26 bits per heavy atom. The van der Waals surface area contributed by atoms with Gasteiger partial charge in [-0.15, -0.1) is 0 Å². The highest BCUT2D eigenvalue weighted by atomic mass is 16.5. The Balaban J connectivity index is 1.85. The number of ether oxygens (including phenoxy) is 1. The van der Waals surface area contributed by atoms with Gasteiger partial charge in [0.2, 0.25) is 0 Å². The number of anilines is 1. The van der Waals surface area contributed by atoms with Crippen LogP contribution in [0.2, 0.25) is 0 Å². The molecule has 3 heteroatoms. The molecule has 0 atom stereocenters. The predicted molar refractivity (Wildman–Crippen MR) is 130 cm³/mol. The zero-order chi connectivity index (χ0) is 20.9. The Morgan fingerprint density at radius 1 is 0.742 bits per heavy atom. The third-order valence-corrected chi connectivity index (χ3v) is 6.70. The van der Waals surface area contributed by atoms with Gasteiger partial charge in [0.05, 0.1) is 5.56 Å². The zero-order valence-corrected chi connectivity index (χ0v) is 16.7. The molecule has 0 aliphatic heterocycles. The summed E-state index contributed by atoms with van der Waals surface area (Å²) in [5.41, 5.74) is 7.76. The third-order valence-electron chi connectivity index (χ3n) is 6.70. The molecule has 2 N–H and O–H groups in total. The molecule has 0 fully saturated rings. The van der Waals surface area contributed by atoms with Gasteiger partial charge in [-0.3, -0.25) is 0 Å². The van der Waals surface area contributed by atoms with Crippen LogP contribution in [0.1, 0.15) is 10.4 Å². The van der Waals surface area contributed by atoms with Gasteiger partial charge < -0.3 is 10.5 Å². The summed E-state index contributed by atoms with van der Waals surface area (Å²) in [6.45, 7) is 3.83. The summed E-state index contributed by atoms with van der Waals surface area (Å²) in [7, 11) is 0. The summed E-state index contributed by atoms with van der Waals surface area (Å²) < 4.78 is 5.43. The van der Waals surface area contributed by atoms with E-state index in [9.17, 15) is 4.79 Å². The van der Waals surface area contributed by atoms with Gasteiger partial charge in [0.1, 0.15) is 6.61 Å². The summed E-state index contributed by atoms with van der Waals surface area (Å²) >= 11 is 0. The normalized spacial score (nSPS) is 12.4. The first-order valence-electron chi connectivity index (χ1n) is 10.3. The van der Waals surface area contributed by atoms with Gasteiger partial charge in [-0.25, -0.2) is 4.79 Å². The Bertz CT molecular complexity index is 1820. The lowest BCUT2D eigenvalue weighted by molar-refractivity contribution is 0.0552. The van der Waals surface area contributed by atoms with Gasteiger partial charge >= 0.3 is 5.97 Å². The Morgan fingerprint density at radius 3 is 1.90 bits per heavy atom. The molecule has 0 amide bonds. The van der Waals surface area contributed by atoms with Crippen LogP contribution in [-0.4, -0.2) is 12.6 Å². The number of hydrogen-bond acceptors (Lipinski definition) is 3. The van der Waals surface area contributed by atoms with Crippen LogP contribution in [0.15, 0.2) is 73.3 Å². The number of carbonyl (C=O) groups excluding carboxylic acids is 1. The maximum Gasteiger partial charge on any atom is 0.339 e. The molecule has 0 aromatic heterocycles. The third kappa shape index (κ3) is 1.91. The second-order valence-electron chi connectivity index (χ2n) is 8.28. The molecule has 0 aliphatic carbocycles. The van der Waals surface area contributed by atoms with E-state index in [2.05, 4.69) is 49.0 Å².